The molecule has 27 heavy (non-hydrogen) atoms. The molecule has 4 rings (SSSR count). The van der Waals surface area contributed by atoms with Crippen LogP contribution < -0.4 is 11.1 Å². The van der Waals surface area contributed by atoms with E-state index < -0.39 is 23.2 Å². The van der Waals surface area contributed by atoms with Crippen LogP contribution in [0, 0.1) is 5.82 Å². The second kappa shape index (κ2) is 6.54. The minimum absolute atomic E-state index is 0.136. The Bertz CT molecular complexity index is 1040. The molecule has 0 radical (unpaired) electrons. The third-order valence-electron chi connectivity index (χ3n) is 5.34. The summed E-state index contributed by atoms with van der Waals surface area (Å²) in [5, 5.41) is 3.84. The lowest BCUT2D eigenvalue weighted by atomic mass is 9.79. The van der Waals surface area contributed by atoms with Crippen molar-refractivity contribution < 1.29 is 14.0 Å². The molecule has 0 saturated carbocycles. The normalized spacial score (nSPS) is 18.9. The largest absolute Gasteiger partial charge is 0.368 e. The Morgan fingerprint density at radius 1 is 1.15 bits per heavy atom. The van der Waals surface area contributed by atoms with Gasteiger partial charge < -0.3 is 16.0 Å². The van der Waals surface area contributed by atoms with Crippen LogP contribution in [0.4, 0.5) is 4.39 Å². The number of carbonyl (C=O) groups is 2. The Balaban J connectivity index is 1.62. The molecule has 5 nitrogen and oxygen atoms in total. The molecule has 1 aliphatic carbocycles. The van der Waals surface area contributed by atoms with Crippen molar-refractivity contribution in [1.82, 2.24) is 10.3 Å². The lowest BCUT2D eigenvalue weighted by Crippen LogP contribution is -2.60. The molecule has 2 aromatic carbocycles. The number of hydrogen-bond acceptors (Lipinski definition) is 2. The van der Waals surface area contributed by atoms with Crippen LogP contribution in [0.3, 0.4) is 0 Å². The molecule has 1 atom stereocenters. The zero-order chi connectivity index (χ0) is 19.0. The molecule has 0 bridgehead atoms. The van der Waals surface area contributed by atoms with Crippen LogP contribution in [0.2, 0.25) is 0 Å². The van der Waals surface area contributed by atoms with Crippen molar-refractivity contribution in [2.24, 2.45) is 5.73 Å². The topological polar surface area (TPSA) is 88.0 Å². The summed E-state index contributed by atoms with van der Waals surface area (Å²) in [7, 11) is 0. The summed E-state index contributed by atoms with van der Waals surface area (Å²) in [5.41, 5.74) is 7.90. The zero-order valence-electron chi connectivity index (χ0n) is 14.7. The Morgan fingerprint density at radius 3 is 2.67 bits per heavy atom. The van der Waals surface area contributed by atoms with Crippen molar-refractivity contribution in [2.75, 3.05) is 0 Å². The number of nitrogens with one attached hydrogen (secondary N) is 2. The van der Waals surface area contributed by atoms with E-state index in [0.29, 0.717) is 24.8 Å². The summed E-state index contributed by atoms with van der Waals surface area (Å²) in [5.74, 6) is -1.43. The second-order valence-corrected chi connectivity index (χ2v) is 7.07. The van der Waals surface area contributed by atoms with Gasteiger partial charge in [0.05, 0.1) is 6.42 Å². The third-order valence-corrected chi connectivity index (χ3v) is 5.34. The summed E-state index contributed by atoms with van der Waals surface area (Å²) < 4.78 is 13.8. The third kappa shape index (κ3) is 3.07. The maximum absolute atomic E-state index is 13.8. The van der Waals surface area contributed by atoms with Crippen molar-refractivity contribution >= 4 is 22.7 Å². The van der Waals surface area contributed by atoms with Crippen LogP contribution >= 0.6 is 0 Å². The number of primary amides is 1. The van der Waals surface area contributed by atoms with Gasteiger partial charge in [0.1, 0.15) is 11.4 Å². The fourth-order valence-electron chi connectivity index (χ4n) is 3.90. The molecule has 0 fully saturated rings. The Labute approximate surface area is 155 Å². The molecule has 1 heterocycles. The number of benzene rings is 2. The smallest absolute Gasteiger partial charge is 0.243 e. The predicted molar refractivity (Wildman–Crippen MR) is 100 cm³/mol. The SMILES string of the molecule is NC(=O)C1(NC(=O)Cc2ccccc2F)CCc2[nH]c3ccccc3c2C1. The van der Waals surface area contributed by atoms with Crippen molar-refractivity contribution in [3.05, 3.63) is 71.2 Å². The number of halogens is 1. The first-order chi connectivity index (χ1) is 13.0. The van der Waals surface area contributed by atoms with E-state index in [0.717, 1.165) is 22.2 Å². The van der Waals surface area contributed by atoms with E-state index in [9.17, 15) is 14.0 Å². The van der Waals surface area contributed by atoms with Gasteiger partial charge in [0.25, 0.3) is 0 Å². The summed E-state index contributed by atoms with van der Waals surface area (Å²) in [6.45, 7) is 0. The minimum atomic E-state index is -1.17. The van der Waals surface area contributed by atoms with E-state index in [1.807, 2.05) is 24.3 Å². The number of fused-ring (bicyclic) bond motifs is 3. The standard InChI is InChI=1S/C21H20FN3O2/c22-16-7-3-1-5-13(16)11-19(26)25-21(20(23)27)10-9-18-15(12-21)14-6-2-4-8-17(14)24-18/h1-8,24H,9-12H2,(H2,23,27)(H,25,26). The molecule has 1 aliphatic rings. The molecule has 6 heteroatoms. The molecule has 0 spiro atoms. The van der Waals surface area contributed by atoms with Crippen molar-refractivity contribution in [3.8, 4) is 0 Å². The monoisotopic (exact) mass is 365 g/mol. The number of para-hydroxylation sites is 1. The van der Waals surface area contributed by atoms with Gasteiger partial charge in [-0.1, -0.05) is 36.4 Å². The van der Waals surface area contributed by atoms with E-state index in [1.165, 1.54) is 6.07 Å². The van der Waals surface area contributed by atoms with Gasteiger partial charge in [0, 0.05) is 23.0 Å². The maximum Gasteiger partial charge on any atom is 0.243 e. The average Bonchev–Trinajstić information content (AvgIpc) is 3.01. The molecule has 138 valence electrons. The fourth-order valence-corrected chi connectivity index (χ4v) is 3.90. The summed E-state index contributed by atoms with van der Waals surface area (Å²) >= 11 is 0. The highest BCUT2D eigenvalue weighted by Gasteiger charge is 2.42. The highest BCUT2D eigenvalue weighted by atomic mass is 19.1. The van der Waals surface area contributed by atoms with Crippen LogP contribution in [0.1, 0.15) is 23.2 Å². The van der Waals surface area contributed by atoms with Gasteiger partial charge in [-0.3, -0.25) is 9.59 Å². The highest BCUT2D eigenvalue weighted by molar-refractivity contribution is 5.93. The van der Waals surface area contributed by atoms with Crippen molar-refractivity contribution in [2.45, 2.75) is 31.2 Å². The number of H-pyrrole nitrogens is 1. The molecular formula is C21H20FN3O2. The predicted octanol–water partition coefficient (Wildman–Crippen LogP) is 2.38. The number of rotatable bonds is 4. The quantitative estimate of drug-likeness (QED) is 0.663. The fraction of sp³-hybridized carbons (Fsp3) is 0.238. The van der Waals surface area contributed by atoms with E-state index in [1.54, 1.807) is 18.2 Å². The number of aromatic nitrogens is 1. The number of amides is 2. The number of nitrogens with two attached hydrogens (primary N) is 1. The first-order valence-electron chi connectivity index (χ1n) is 8.91. The van der Waals surface area contributed by atoms with Gasteiger partial charge in [0.2, 0.25) is 11.8 Å². The van der Waals surface area contributed by atoms with Gasteiger partial charge in [-0.2, -0.15) is 0 Å². The Hall–Kier alpha value is -3.15. The van der Waals surface area contributed by atoms with Gasteiger partial charge in [-0.25, -0.2) is 4.39 Å². The second-order valence-electron chi connectivity index (χ2n) is 7.07. The first kappa shape index (κ1) is 17.3. The molecule has 1 unspecified atom stereocenters. The number of carbonyl (C=O) groups excluding carboxylic acids is 2. The van der Waals surface area contributed by atoms with Crippen LogP contribution in [0.15, 0.2) is 48.5 Å². The lowest BCUT2D eigenvalue weighted by molar-refractivity contribution is -0.131. The molecule has 4 N–H and O–H groups in total. The number of aromatic amines is 1. The summed E-state index contributed by atoms with van der Waals surface area (Å²) in [4.78, 5) is 28.3. The van der Waals surface area contributed by atoms with Crippen LogP contribution in [0.25, 0.3) is 10.9 Å². The van der Waals surface area contributed by atoms with Crippen LogP contribution in [-0.2, 0) is 28.9 Å². The van der Waals surface area contributed by atoms with E-state index in [-0.39, 0.29) is 6.42 Å². The first-order valence-corrected chi connectivity index (χ1v) is 8.91. The average molecular weight is 365 g/mol. The van der Waals surface area contributed by atoms with Gasteiger partial charge >= 0.3 is 0 Å². The molecule has 0 aliphatic heterocycles. The zero-order valence-corrected chi connectivity index (χ0v) is 14.7. The number of aryl methyl sites for hydroxylation is 1. The summed E-state index contributed by atoms with van der Waals surface area (Å²) in [6, 6.07) is 14.0. The molecule has 3 aromatic rings. The number of hydrogen-bond donors (Lipinski definition) is 3. The Morgan fingerprint density at radius 2 is 1.89 bits per heavy atom. The van der Waals surface area contributed by atoms with Gasteiger partial charge in [-0.05, 0) is 36.1 Å². The lowest BCUT2D eigenvalue weighted by Gasteiger charge is -2.35. The van der Waals surface area contributed by atoms with E-state index >= 15 is 0 Å². The molecule has 0 saturated heterocycles. The Kier molecular flexibility index (Phi) is 4.18. The van der Waals surface area contributed by atoms with Gasteiger partial charge in [-0.15, -0.1) is 0 Å². The molecule has 2 amide bonds. The summed E-state index contributed by atoms with van der Waals surface area (Å²) in [6.07, 6.45) is 1.20. The van der Waals surface area contributed by atoms with E-state index in [2.05, 4.69) is 10.3 Å². The maximum atomic E-state index is 13.8. The van der Waals surface area contributed by atoms with Gasteiger partial charge in [0.15, 0.2) is 0 Å². The highest BCUT2D eigenvalue weighted by Crippen LogP contribution is 2.34. The van der Waals surface area contributed by atoms with E-state index in [4.69, 9.17) is 5.73 Å². The van der Waals surface area contributed by atoms with Crippen LogP contribution in [0.5, 0.6) is 0 Å². The molecular weight excluding hydrogens is 345 g/mol. The van der Waals surface area contributed by atoms with Crippen LogP contribution in [-0.4, -0.2) is 22.3 Å². The minimum Gasteiger partial charge on any atom is -0.368 e. The molecule has 1 aromatic heterocycles. The van der Waals surface area contributed by atoms with Crippen molar-refractivity contribution in [3.63, 3.8) is 0 Å². The van der Waals surface area contributed by atoms with Crippen molar-refractivity contribution in [1.29, 1.82) is 0 Å².